The third kappa shape index (κ3) is 5.48. The number of aliphatic hydroxyl groups is 1. The third-order valence-electron chi connectivity index (χ3n) is 4.55. The molecule has 8 nitrogen and oxygen atoms in total. The average Bonchev–Trinajstić information content (AvgIpc) is 3.26. The first-order valence-electron chi connectivity index (χ1n) is 9.67. The van der Waals surface area contributed by atoms with Gasteiger partial charge in [-0.2, -0.15) is 0 Å². The maximum absolute atomic E-state index is 14.6. The van der Waals surface area contributed by atoms with E-state index in [-0.39, 0.29) is 34.7 Å². The highest BCUT2D eigenvalue weighted by molar-refractivity contribution is 7.17. The summed E-state index contributed by atoms with van der Waals surface area (Å²) in [5.74, 6) is -1.05. The van der Waals surface area contributed by atoms with Gasteiger partial charge in [0, 0.05) is 29.2 Å². The molecule has 0 bridgehead atoms. The average molecular weight is 486 g/mol. The van der Waals surface area contributed by atoms with E-state index in [0.717, 1.165) is 11.3 Å². The number of aryl methyl sites for hydroxylation is 1. The number of nitrogens with zero attached hydrogens (tertiary/aromatic N) is 4. The van der Waals surface area contributed by atoms with E-state index in [0.29, 0.717) is 27.5 Å². The van der Waals surface area contributed by atoms with E-state index in [1.807, 2.05) is 0 Å². The van der Waals surface area contributed by atoms with Gasteiger partial charge >= 0.3 is 0 Å². The van der Waals surface area contributed by atoms with Gasteiger partial charge in [0.25, 0.3) is 11.1 Å². The molecular weight excluding hydrogens is 469 g/mol. The summed E-state index contributed by atoms with van der Waals surface area (Å²) in [4.78, 5) is 21.3. The van der Waals surface area contributed by atoms with Crippen molar-refractivity contribution < 1.29 is 19.0 Å². The molecule has 0 unspecified atom stereocenters. The molecule has 168 valence electrons. The second-order valence-electron chi connectivity index (χ2n) is 6.93. The van der Waals surface area contributed by atoms with Gasteiger partial charge < -0.3 is 9.84 Å². The van der Waals surface area contributed by atoms with Gasteiger partial charge in [-0.05, 0) is 54.2 Å². The van der Waals surface area contributed by atoms with E-state index in [4.69, 9.17) is 16.3 Å². The minimum Gasteiger partial charge on any atom is -0.462 e. The van der Waals surface area contributed by atoms with Crippen LogP contribution in [0.2, 0.25) is 5.02 Å². The van der Waals surface area contributed by atoms with Gasteiger partial charge in [0.15, 0.2) is 0 Å². The zero-order valence-corrected chi connectivity index (χ0v) is 18.8. The van der Waals surface area contributed by atoms with Crippen LogP contribution in [0.25, 0.3) is 11.1 Å². The Labute approximate surface area is 197 Å². The normalized spacial score (nSPS) is 10.8. The summed E-state index contributed by atoms with van der Waals surface area (Å²) in [6.07, 6.45) is 2.88. The summed E-state index contributed by atoms with van der Waals surface area (Å²) in [7, 11) is 0. The maximum Gasteiger partial charge on any atom is 0.296 e. The molecule has 0 spiro atoms. The number of hydrogen-bond donors (Lipinski definition) is 2. The Hall–Kier alpha value is -3.47. The van der Waals surface area contributed by atoms with E-state index in [2.05, 4.69) is 25.5 Å². The Morgan fingerprint density at radius 1 is 1.15 bits per heavy atom. The van der Waals surface area contributed by atoms with E-state index < -0.39 is 11.7 Å². The van der Waals surface area contributed by atoms with Crippen LogP contribution in [-0.2, 0) is 13.2 Å². The van der Waals surface area contributed by atoms with Gasteiger partial charge in [0.05, 0.1) is 22.9 Å². The molecule has 0 saturated carbocycles. The summed E-state index contributed by atoms with van der Waals surface area (Å²) < 4.78 is 20.1. The van der Waals surface area contributed by atoms with E-state index in [1.165, 1.54) is 30.6 Å². The molecule has 0 atom stereocenters. The second kappa shape index (κ2) is 9.99. The van der Waals surface area contributed by atoms with Crippen molar-refractivity contribution >= 4 is 34.0 Å². The summed E-state index contributed by atoms with van der Waals surface area (Å²) in [6.45, 7) is 1.65. The van der Waals surface area contributed by atoms with Crippen molar-refractivity contribution in [2.45, 2.75) is 20.1 Å². The number of carbonyl (C=O) groups is 1. The molecule has 0 aliphatic heterocycles. The first-order valence-corrected chi connectivity index (χ1v) is 10.9. The molecule has 0 aliphatic carbocycles. The molecule has 0 fully saturated rings. The molecular formula is C22H17ClFN5O3S. The van der Waals surface area contributed by atoms with Crippen LogP contribution in [-0.4, -0.2) is 31.2 Å². The number of aromatic nitrogens is 4. The number of benzene rings is 1. The lowest BCUT2D eigenvalue weighted by atomic mass is 9.98. The lowest BCUT2D eigenvalue weighted by Crippen LogP contribution is -2.14. The van der Waals surface area contributed by atoms with Gasteiger partial charge in [-0.15, -0.1) is 5.10 Å². The van der Waals surface area contributed by atoms with E-state index in [9.17, 15) is 14.3 Å². The number of ether oxygens (including phenoxy) is 1. The molecule has 0 radical (unpaired) electrons. The van der Waals surface area contributed by atoms with Crippen LogP contribution < -0.4 is 10.1 Å². The maximum atomic E-state index is 14.6. The Kier molecular flexibility index (Phi) is 6.87. The Morgan fingerprint density at radius 3 is 2.76 bits per heavy atom. The highest BCUT2D eigenvalue weighted by atomic mass is 35.5. The standard InChI is InChI=1S/C22H17ClFN5O3S/c1-12-6-16(17-7-13(10-30)2-5-19(17)24)18(9-25-12)20(31)27-21-28-29-22(33-21)32-11-15-4-3-14(23)8-26-15/h2-9,30H,10-11H2,1H3,(H,27,28,31). The lowest BCUT2D eigenvalue weighted by molar-refractivity contribution is 0.102. The fraction of sp³-hybridized carbons (Fsp3) is 0.136. The van der Waals surface area contributed by atoms with Crippen LogP contribution in [0.1, 0.15) is 27.3 Å². The van der Waals surface area contributed by atoms with Crippen molar-refractivity contribution in [3.63, 3.8) is 0 Å². The number of anilines is 1. The van der Waals surface area contributed by atoms with Crippen LogP contribution in [0.4, 0.5) is 9.52 Å². The van der Waals surface area contributed by atoms with Gasteiger partial charge in [0.2, 0.25) is 5.13 Å². The monoisotopic (exact) mass is 485 g/mol. The smallest absolute Gasteiger partial charge is 0.296 e. The van der Waals surface area contributed by atoms with Crippen molar-refractivity contribution in [1.29, 1.82) is 0 Å². The predicted molar refractivity (Wildman–Crippen MR) is 122 cm³/mol. The van der Waals surface area contributed by atoms with Crippen LogP contribution >= 0.6 is 22.9 Å². The van der Waals surface area contributed by atoms with Gasteiger partial charge in [0.1, 0.15) is 12.4 Å². The number of pyridine rings is 2. The number of rotatable bonds is 7. The Balaban J connectivity index is 1.52. The predicted octanol–water partition coefficient (Wildman–Crippen LogP) is 4.42. The molecule has 4 rings (SSSR count). The largest absolute Gasteiger partial charge is 0.462 e. The topological polar surface area (TPSA) is 110 Å². The molecule has 0 aliphatic rings. The van der Waals surface area contributed by atoms with Gasteiger partial charge in [-0.1, -0.05) is 22.8 Å². The summed E-state index contributed by atoms with van der Waals surface area (Å²) in [5, 5.41) is 20.8. The number of nitrogens with one attached hydrogen (secondary N) is 1. The van der Waals surface area contributed by atoms with Crippen LogP contribution in [0.3, 0.4) is 0 Å². The molecule has 0 saturated heterocycles. The number of amides is 1. The van der Waals surface area contributed by atoms with E-state index >= 15 is 0 Å². The molecule has 11 heteroatoms. The van der Waals surface area contributed by atoms with Gasteiger partial charge in [-0.3, -0.25) is 20.1 Å². The SMILES string of the molecule is Cc1cc(-c2cc(CO)ccc2F)c(C(=O)Nc2nnc(OCc3ccc(Cl)cn3)s2)cn1. The summed E-state index contributed by atoms with van der Waals surface area (Å²) in [5.41, 5.74) is 2.47. The third-order valence-corrected chi connectivity index (χ3v) is 5.52. The number of carbonyl (C=O) groups excluding carboxylic acids is 1. The van der Waals surface area contributed by atoms with Crippen molar-refractivity contribution in [2.24, 2.45) is 0 Å². The first kappa shape index (κ1) is 22.7. The fourth-order valence-corrected chi connectivity index (χ4v) is 3.65. The summed E-state index contributed by atoms with van der Waals surface area (Å²) >= 11 is 6.85. The zero-order chi connectivity index (χ0) is 23.4. The number of hydrogen-bond acceptors (Lipinski definition) is 8. The van der Waals surface area contributed by atoms with E-state index in [1.54, 1.807) is 25.1 Å². The molecule has 3 heterocycles. The zero-order valence-electron chi connectivity index (χ0n) is 17.2. The van der Waals surface area contributed by atoms with Crippen molar-refractivity contribution in [3.8, 4) is 16.3 Å². The van der Waals surface area contributed by atoms with Crippen LogP contribution in [0.15, 0.2) is 48.8 Å². The quantitative estimate of drug-likeness (QED) is 0.398. The molecule has 2 N–H and O–H groups in total. The first-order chi connectivity index (χ1) is 15.9. The number of aliphatic hydroxyl groups excluding tert-OH is 1. The second-order valence-corrected chi connectivity index (χ2v) is 8.30. The minimum absolute atomic E-state index is 0.151. The molecule has 4 aromatic rings. The highest BCUT2D eigenvalue weighted by Gasteiger charge is 2.19. The van der Waals surface area contributed by atoms with Crippen LogP contribution in [0, 0.1) is 12.7 Å². The van der Waals surface area contributed by atoms with Crippen molar-refractivity contribution in [2.75, 3.05) is 5.32 Å². The van der Waals surface area contributed by atoms with Crippen LogP contribution in [0.5, 0.6) is 5.19 Å². The molecule has 3 aromatic heterocycles. The molecule has 1 aromatic carbocycles. The van der Waals surface area contributed by atoms with Crippen molar-refractivity contribution in [3.05, 3.63) is 82.1 Å². The highest BCUT2D eigenvalue weighted by Crippen LogP contribution is 2.30. The molecule has 33 heavy (non-hydrogen) atoms. The fourth-order valence-electron chi connectivity index (χ4n) is 2.95. The van der Waals surface area contributed by atoms with Crippen molar-refractivity contribution in [1.82, 2.24) is 20.2 Å². The Bertz CT molecular complexity index is 1300. The number of halogens is 2. The summed E-state index contributed by atoms with van der Waals surface area (Å²) in [6, 6.07) is 9.27. The van der Waals surface area contributed by atoms with Gasteiger partial charge in [-0.25, -0.2) is 4.39 Å². The minimum atomic E-state index is -0.534. The molecule has 1 amide bonds. The lowest BCUT2D eigenvalue weighted by Gasteiger charge is -2.11. The Morgan fingerprint density at radius 2 is 2.00 bits per heavy atom.